The van der Waals surface area contributed by atoms with Gasteiger partial charge in [-0.3, -0.25) is 4.79 Å². The summed E-state index contributed by atoms with van der Waals surface area (Å²) in [7, 11) is 0. The van der Waals surface area contributed by atoms with E-state index in [0.717, 1.165) is 23.9 Å². The van der Waals surface area contributed by atoms with Gasteiger partial charge >= 0.3 is 0 Å². The number of aromatic nitrogens is 4. The number of hydrogen-bond donors (Lipinski definition) is 3. The van der Waals surface area contributed by atoms with Crippen LogP contribution in [0.15, 0.2) is 47.7 Å². The van der Waals surface area contributed by atoms with Crippen LogP contribution in [0.5, 0.6) is 0 Å². The van der Waals surface area contributed by atoms with E-state index in [1.807, 2.05) is 6.07 Å². The Bertz CT molecular complexity index is 1310. The first kappa shape index (κ1) is 17.9. The molecule has 8 heteroatoms. The Balaban J connectivity index is 1.70. The molecule has 3 aromatic heterocycles. The van der Waals surface area contributed by atoms with E-state index in [0.29, 0.717) is 22.2 Å². The molecule has 3 heterocycles. The van der Waals surface area contributed by atoms with Gasteiger partial charge in [-0.1, -0.05) is 18.5 Å². The summed E-state index contributed by atoms with van der Waals surface area (Å²) in [6, 6.07) is 7.72. The van der Waals surface area contributed by atoms with Gasteiger partial charge in [-0.15, -0.1) is 0 Å². The second-order valence-corrected chi connectivity index (χ2v) is 8.01. The molecule has 0 bridgehead atoms. The predicted octanol–water partition coefficient (Wildman–Crippen LogP) is 4.90. The number of aromatic amines is 2. The molecule has 146 valence electrons. The standard InChI is InChI=1S/C21H17ClFN5O/c1-21(5-6-21)17-16(27-19-12-4-7-24-18(12)25-10-26-19)9-14(20(29)28-17)13-8-11(22)2-3-15(13)23/h2-4,7-10H,5-6H2,1H3,(H,28,29)(H2,24,25,26,27). The van der Waals surface area contributed by atoms with Crippen molar-refractivity contribution in [3.05, 3.63) is 69.7 Å². The smallest absolute Gasteiger partial charge is 0.256 e. The topological polar surface area (TPSA) is 86.5 Å². The molecule has 1 aliphatic carbocycles. The highest BCUT2D eigenvalue weighted by Gasteiger charge is 2.42. The number of anilines is 2. The Morgan fingerprint density at radius 3 is 2.79 bits per heavy atom. The van der Waals surface area contributed by atoms with E-state index in [9.17, 15) is 9.18 Å². The molecule has 0 atom stereocenters. The van der Waals surface area contributed by atoms with Crippen molar-refractivity contribution in [1.82, 2.24) is 19.9 Å². The van der Waals surface area contributed by atoms with Crippen molar-refractivity contribution in [3.63, 3.8) is 0 Å². The molecule has 0 amide bonds. The lowest BCUT2D eigenvalue weighted by Gasteiger charge is -2.18. The second kappa shape index (κ2) is 6.42. The normalized spacial score (nSPS) is 14.9. The number of nitrogens with zero attached hydrogens (tertiary/aromatic N) is 2. The Labute approximate surface area is 170 Å². The number of H-pyrrole nitrogens is 2. The van der Waals surface area contributed by atoms with Gasteiger partial charge in [0.1, 0.15) is 23.6 Å². The van der Waals surface area contributed by atoms with Crippen molar-refractivity contribution >= 4 is 34.1 Å². The van der Waals surface area contributed by atoms with E-state index in [1.165, 1.54) is 24.5 Å². The number of benzene rings is 1. The zero-order valence-corrected chi connectivity index (χ0v) is 16.3. The van der Waals surface area contributed by atoms with Crippen molar-refractivity contribution in [1.29, 1.82) is 0 Å². The van der Waals surface area contributed by atoms with Gasteiger partial charge in [-0.2, -0.15) is 0 Å². The average Bonchev–Trinajstić information content (AvgIpc) is 3.25. The third-order valence-electron chi connectivity index (χ3n) is 5.47. The Hall–Kier alpha value is -3.19. The van der Waals surface area contributed by atoms with E-state index in [-0.39, 0.29) is 22.1 Å². The molecule has 6 nitrogen and oxygen atoms in total. The van der Waals surface area contributed by atoms with Gasteiger partial charge < -0.3 is 15.3 Å². The number of halogens is 2. The van der Waals surface area contributed by atoms with Crippen molar-refractivity contribution in [2.24, 2.45) is 0 Å². The van der Waals surface area contributed by atoms with Crippen molar-refractivity contribution in [2.75, 3.05) is 5.32 Å². The Kier molecular flexibility index (Phi) is 3.96. The van der Waals surface area contributed by atoms with Gasteiger partial charge in [0.25, 0.3) is 5.56 Å². The molecule has 4 aromatic rings. The molecule has 1 aromatic carbocycles. The number of hydrogen-bond acceptors (Lipinski definition) is 4. The first-order valence-corrected chi connectivity index (χ1v) is 9.61. The molecule has 0 aliphatic heterocycles. The molecule has 29 heavy (non-hydrogen) atoms. The minimum Gasteiger partial charge on any atom is -0.346 e. The maximum absolute atomic E-state index is 14.5. The molecule has 3 N–H and O–H groups in total. The van der Waals surface area contributed by atoms with E-state index < -0.39 is 5.82 Å². The maximum atomic E-state index is 14.5. The van der Waals surface area contributed by atoms with Crippen LogP contribution in [-0.2, 0) is 5.41 Å². The lowest BCUT2D eigenvalue weighted by molar-refractivity contribution is 0.631. The summed E-state index contributed by atoms with van der Waals surface area (Å²) in [6.45, 7) is 2.09. The summed E-state index contributed by atoms with van der Waals surface area (Å²) in [4.78, 5) is 27.4. The van der Waals surface area contributed by atoms with Crippen molar-refractivity contribution in [2.45, 2.75) is 25.2 Å². The predicted molar refractivity (Wildman–Crippen MR) is 111 cm³/mol. The summed E-state index contributed by atoms with van der Waals surface area (Å²) in [6.07, 6.45) is 5.17. The quantitative estimate of drug-likeness (QED) is 0.447. The van der Waals surface area contributed by atoms with Crippen LogP contribution in [0.4, 0.5) is 15.9 Å². The van der Waals surface area contributed by atoms with Crippen molar-refractivity contribution in [3.8, 4) is 11.1 Å². The van der Waals surface area contributed by atoms with Crippen LogP contribution in [0.3, 0.4) is 0 Å². The van der Waals surface area contributed by atoms with Gasteiger partial charge in [0, 0.05) is 27.9 Å². The van der Waals surface area contributed by atoms with Crippen LogP contribution in [0, 0.1) is 5.82 Å². The molecule has 5 rings (SSSR count). The van der Waals surface area contributed by atoms with Crippen LogP contribution in [0.1, 0.15) is 25.5 Å². The summed E-state index contributed by atoms with van der Waals surface area (Å²) in [5.41, 5.74) is 2.05. The first-order valence-electron chi connectivity index (χ1n) is 9.23. The molecule has 0 saturated heterocycles. The molecule has 0 spiro atoms. The molecule has 0 unspecified atom stereocenters. The van der Waals surface area contributed by atoms with Crippen LogP contribution in [0.25, 0.3) is 22.2 Å². The monoisotopic (exact) mass is 409 g/mol. The van der Waals surface area contributed by atoms with Gasteiger partial charge in [-0.05, 0) is 43.2 Å². The van der Waals surface area contributed by atoms with E-state index in [1.54, 1.807) is 12.3 Å². The first-order chi connectivity index (χ1) is 13.9. The zero-order chi connectivity index (χ0) is 20.2. The Morgan fingerprint density at radius 1 is 1.17 bits per heavy atom. The third-order valence-corrected chi connectivity index (χ3v) is 5.71. The SMILES string of the molecule is CC1(c2[nH]c(=O)c(-c3cc(Cl)ccc3F)cc2Nc2ncnc3[nH]ccc23)CC1. The fourth-order valence-corrected chi connectivity index (χ4v) is 3.72. The van der Waals surface area contributed by atoms with Gasteiger partial charge in [-0.25, -0.2) is 14.4 Å². The van der Waals surface area contributed by atoms with Crippen LogP contribution < -0.4 is 10.9 Å². The Morgan fingerprint density at radius 2 is 2.00 bits per heavy atom. The summed E-state index contributed by atoms with van der Waals surface area (Å²) in [5.74, 6) is 0.0950. The van der Waals surface area contributed by atoms with Crippen LogP contribution >= 0.6 is 11.6 Å². The minimum absolute atomic E-state index is 0.128. The highest BCUT2D eigenvalue weighted by atomic mass is 35.5. The fourth-order valence-electron chi connectivity index (χ4n) is 3.55. The number of rotatable bonds is 4. The lowest BCUT2D eigenvalue weighted by atomic mass is 9.99. The van der Waals surface area contributed by atoms with Gasteiger partial charge in [0.2, 0.25) is 0 Å². The van der Waals surface area contributed by atoms with Crippen LogP contribution in [0.2, 0.25) is 5.02 Å². The minimum atomic E-state index is -0.508. The highest BCUT2D eigenvalue weighted by Crippen LogP contribution is 2.49. The molecule has 1 fully saturated rings. The van der Waals surface area contributed by atoms with Gasteiger partial charge in [0.05, 0.1) is 16.6 Å². The largest absolute Gasteiger partial charge is 0.346 e. The third kappa shape index (κ3) is 3.07. The van der Waals surface area contributed by atoms with Gasteiger partial charge in [0.15, 0.2) is 0 Å². The zero-order valence-electron chi connectivity index (χ0n) is 15.5. The molecular weight excluding hydrogens is 393 g/mol. The molecule has 1 aliphatic rings. The summed E-state index contributed by atoms with van der Waals surface area (Å²) >= 11 is 6.04. The molecular formula is C21H17ClFN5O. The lowest BCUT2D eigenvalue weighted by Crippen LogP contribution is -2.19. The van der Waals surface area contributed by atoms with E-state index in [4.69, 9.17) is 11.6 Å². The van der Waals surface area contributed by atoms with E-state index in [2.05, 4.69) is 32.2 Å². The van der Waals surface area contributed by atoms with Crippen molar-refractivity contribution < 1.29 is 4.39 Å². The summed E-state index contributed by atoms with van der Waals surface area (Å²) in [5, 5.41) is 4.50. The number of nitrogens with one attached hydrogen (secondary N) is 3. The second-order valence-electron chi connectivity index (χ2n) is 7.57. The highest BCUT2D eigenvalue weighted by molar-refractivity contribution is 6.30. The number of pyridine rings is 1. The fraction of sp³-hybridized carbons (Fsp3) is 0.190. The maximum Gasteiger partial charge on any atom is 0.256 e. The average molecular weight is 410 g/mol. The number of fused-ring (bicyclic) bond motifs is 1. The van der Waals surface area contributed by atoms with Crippen LogP contribution in [-0.4, -0.2) is 19.9 Å². The molecule has 0 radical (unpaired) electrons. The molecule has 1 saturated carbocycles. The summed E-state index contributed by atoms with van der Waals surface area (Å²) < 4.78 is 14.5. The van der Waals surface area contributed by atoms with E-state index >= 15 is 0 Å².